The predicted molar refractivity (Wildman–Crippen MR) is 63.1 cm³/mol. The fraction of sp³-hybridized carbons (Fsp3) is 0.667. The van der Waals surface area contributed by atoms with Crippen molar-refractivity contribution in [2.45, 2.75) is 32.6 Å². The average molecular weight is 209 g/mol. The summed E-state index contributed by atoms with van der Waals surface area (Å²) >= 11 is 1.94. The smallest absolute Gasteiger partial charge is 0.0126 e. The molecule has 1 N–H and O–H groups in total. The van der Waals surface area contributed by atoms with E-state index in [-0.39, 0.29) is 0 Å². The van der Waals surface area contributed by atoms with Crippen LogP contribution < -0.4 is 5.32 Å². The lowest BCUT2D eigenvalue weighted by molar-refractivity contribution is 0.245. The SMILES string of the molecule is CNCC1c2sccc2CCC1(C)C. The van der Waals surface area contributed by atoms with Crippen molar-refractivity contribution in [1.29, 1.82) is 0 Å². The summed E-state index contributed by atoms with van der Waals surface area (Å²) in [5.41, 5.74) is 2.05. The van der Waals surface area contributed by atoms with Gasteiger partial charge in [0.05, 0.1) is 0 Å². The van der Waals surface area contributed by atoms with Crippen LogP contribution in [0.3, 0.4) is 0 Å². The zero-order valence-corrected chi connectivity index (χ0v) is 10.1. The highest BCUT2D eigenvalue weighted by molar-refractivity contribution is 7.10. The van der Waals surface area contributed by atoms with Crippen LogP contribution in [-0.4, -0.2) is 13.6 Å². The Balaban J connectivity index is 2.33. The van der Waals surface area contributed by atoms with E-state index in [1.54, 1.807) is 10.4 Å². The molecule has 1 aliphatic carbocycles. The summed E-state index contributed by atoms with van der Waals surface area (Å²) in [4.78, 5) is 1.62. The lowest BCUT2D eigenvalue weighted by Gasteiger charge is -2.38. The Morgan fingerprint density at radius 1 is 1.57 bits per heavy atom. The van der Waals surface area contributed by atoms with Crippen LogP contribution in [0.15, 0.2) is 11.4 Å². The average Bonchev–Trinajstić information content (AvgIpc) is 2.58. The molecule has 2 heteroatoms. The Morgan fingerprint density at radius 2 is 2.36 bits per heavy atom. The van der Waals surface area contributed by atoms with Crippen molar-refractivity contribution in [3.05, 3.63) is 21.9 Å². The van der Waals surface area contributed by atoms with Gasteiger partial charge in [-0.05, 0) is 42.3 Å². The summed E-state index contributed by atoms with van der Waals surface area (Å²) in [6.45, 7) is 5.91. The van der Waals surface area contributed by atoms with Crippen molar-refractivity contribution >= 4 is 11.3 Å². The second-order valence-corrected chi connectivity index (χ2v) is 5.86. The summed E-state index contributed by atoms with van der Waals surface area (Å²) in [5, 5.41) is 5.58. The lowest BCUT2D eigenvalue weighted by Crippen LogP contribution is -2.33. The third-order valence-corrected chi connectivity index (χ3v) is 4.56. The second-order valence-electron chi connectivity index (χ2n) is 4.91. The van der Waals surface area contributed by atoms with Crippen molar-refractivity contribution in [1.82, 2.24) is 5.32 Å². The molecule has 0 spiro atoms. The first-order valence-corrected chi connectivity index (χ1v) is 6.24. The van der Waals surface area contributed by atoms with Crippen molar-refractivity contribution in [3.63, 3.8) is 0 Å². The third kappa shape index (κ3) is 1.61. The minimum Gasteiger partial charge on any atom is -0.319 e. The zero-order chi connectivity index (χ0) is 10.2. The number of thiophene rings is 1. The number of rotatable bonds is 2. The molecular formula is C12H19NS. The number of fused-ring (bicyclic) bond motifs is 1. The molecule has 1 aromatic heterocycles. The zero-order valence-electron chi connectivity index (χ0n) is 9.26. The van der Waals surface area contributed by atoms with Gasteiger partial charge in [-0.2, -0.15) is 0 Å². The molecule has 1 nitrogen and oxygen atoms in total. The lowest BCUT2D eigenvalue weighted by atomic mass is 9.69. The summed E-state index contributed by atoms with van der Waals surface area (Å²) < 4.78 is 0. The maximum Gasteiger partial charge on any atom is 0.0126 e. The van der Waals surface area contributed by atoms with Crippen LogP contribution in [0.5, 0.6) is 0 Å². The van der Waals surface area contributed by atoms with Gasteiger partial charge in [0.25, 0.3) is 0 Å². The van der Waals surface area contributed by atoms with Gasteiger partial charge >= 0.3 is 0 Å². The van der Waals surface area contributed by atoms with Crippen LogP contribution in [0.1, 0.15) is 36.6 Å². The predicted octanol–water partition coefficient (Wildman–Crippen LogP) is 3.02. The van der Waals surface area contributed by atoms with Crippen LogP contribution in [0.4, 0.5) is 0 Å². The summed E-state index contributed by atoms with van der Waals surface area (Å²) in [6.07, 6.45) is 2.59. The number of nitrogens with one attached hydrogen (secondary N) is 1. The van der Waals surface area contributed by atoms with Gasteiger partial charge in [-0.1, -0.05) is 13.8 Å². The first-order valence-electron chi connectivity index (χ1n) is 5.36. The van der Waals surface area contributed by atoms with Crippen LogP contribution in [0, 0.1) is 5.41 Å². The first kappa shape index (κ1) is 10.2. The van der Waals surface area contributed by atoms with E-state index >= 15 is 0 Å². The molecule has 1 atom stereocenters. The minimum atomic E-state index is 0.459. The fourth-order valence-corrected chi connectivity index (χ4v) is 3.69. The topological polar surface area (TPSA) is 12.0 Å². The molecule has 2 rings (SSSR count). The van der Waals surface area contributed by atoms with Crippen LogP contribution in [0.2, 0.25) is 0 Å². The number of likely N-dealkylation sites (N-methyl/N-ethyl adjacent to an activating group) is 1. The van der Waals surface area contributed by atoms with Crippen molar-refractivity contribution < 1.29 is 0 Å². The van der Waals surface area contributed by atoms with Gasteiger partial charge < -0.3 is 5.32 Å². The van der Waals surface area contributed by atoms with Crippen molar-refractivity contribution in [2.75, 3.05) is 13.6 Å². The molecule has 1 heterocycles. The number of aryl methyl sites for hydroxylation is 1. The molecule has 0 saturated heterocycles. The van der Waals surface area contributed by atoms with Gasteiger partial charge in [0, 0.05) is 17.3 Å². The highest BCUT2D eigenvalue weighted by Gasteiger charge is 2.35. The molecule has 0 radical (unpaired) electrons. The quantitative estimate of drug-likeness (QED) is 0.789. The van der Waals surface area contributed by atoms with E-state index in [2.05, 4.69) is 37.7 Å². The highest BCUT2D eigenvalue weighted by Crippen LogP contribution is 2.46. The molecule has 1 unspecified atom stereocenters. The second kappa shape index (κ2) is 3.67. The van der Waals surface area contributed by atoms with E-state index in [9.17, 15) is 0 Å². The highest BCUT2D eigenvalue weighted by atomic mass is 32.1. The minimum absolute atomic E-state index is 0.459. The largest absolute Gasteiger partial charge is 0.319 e. The molecular weight excluding hydrogens is 190 g/mol. The van der Waals surface area contributed by atoms with E-state index in [1.165, 1.54) is 12.8 Å². The maximum absolute atomic E-state index is 3.33. The fourth-order valence-electron chi connectivity index (χ4n) is 2.42. The van der Waals surface area contributed by atoms with E-state index in [0.717, 1.165) is 6.54 Å². The van der Waals surface area contributed by atoms with E-state index in [4.69, 9.17) is 0 Å². The van der Waals surface area contributed by atoms with Crippen LogP contribution >= 0.6 is 11.3 Å². The van der Waals surface area contributed by atoms with Gasteiger partial charge in [0.2, 0.25) is 0 Å². The Morgan fingerprint density at radius 3 is 3.07 bits per heavy atom. The van der Waals surface area contributed by atoms with Crippen molar-refractivity contribution in [3.8, 4) is 0 Å². The third-order valence-electron chi connectivity index (χ3n) is 3.49. The summed E-state index contributed by atoms with van der Waals surface area (Å²) in [6, 6.07) is 2.30. The standard InChI is InChI=1S/C12H19NS/c1-12(2)6-4-9-5-7-14-11(9)10(12)8-13-3/h5,7,10,13H,4,6,8H2,1-3H3. The van der Waals surface area contributed by atoms with E-state index in [1.807, 2.05) is 11.3 Å². The molecule has 1 aromatic rings. The molecule has 14 heavy (non-hydrogen) atoms. The maximum atomic E-state index is 3.33. The number of hydrogen-bond acceptors (Lipinski definition) is 2. The molecule has 0 saturated carbocycles. The van der Waals surface area contributed by atoms with Gasteiger partial charge in [-0.3, -0.25) is 0 Å². The van der Waals surface area contributed by atoms with Crippen molar-refractivity contribution in [2.24, 2.45) is 5.41 Å². The molecule has 78 valence electrons. The van der Waals surface area contributed by atoms with E-state index in [0.29, 0.717) is 11.3 Å². The Kier molecular flexibility index (Phi) is 2.67. The molecule has 0 aromatic carbocycles. The van der Waals surface area contributed by atoms with Gasteiger partial charge in [0.15, 0.2) is 0 Å². The number of hydrogen-bond donors (Lipinski definition) is 1. The molecule has 0 aliphatic heterocycles. The molecule has 0 bridgehead atoms. The summed E-state index contributed by atoms with van der Waals surface area (Å²) in [7, 11) is 2.05. The molecule has 0 amide bonds. The Hall–Kier alpha value is -0.340. The van der Waals surface area contributed by atoms with Crippen LogP contribution in [-0.2, 0) is 6.42 Å². The molecule has 0 fully saturated rings. The van der Waals surface area contributed by atoms with Gasteiger partial charge in [-0.15, -0.1) is 11.3 Å². The Labute approximate surface area is 90.5 Å². The molecule has 1 aliphatic rings. The van der Waals surface area contributed by atoms with E-state index < -0.39 is 0 Å². The van der Waals surface area contributed by atoms with Crippen LogP contribution in [0.25, 0.3) is 0 Å². The van der Waals surface area contributed by atoms with Gasteiger partial charge in [0.1, 0.15) is 0 Å². The first-order chi connectivity index (χ1) is 6.65. The monoisotopic (exact) mass is 209 g/mol. The Bertz CT molecular complexity index is 314. The summed E-state index contributed by atoms with van der Waals surface area (Å²) in [5.74, 6) is 0.705. The normalized spacial score (nSPS) is 24.6. The van der Waals surface area contributed by atoms with Gasteiger partial charge in [-0.25, -0.2) is 0 Å².